The van der Waals surface area contributed by atoms with E-state index in [-0.39, 0.29) is 5.91 Å². The van der Waals surface area contributed by atoms with Crippen LogP contribution in [0.1, 0.15) is 73.9 Å². The molecule has 4 fully saturated rings. The normalized spacial score (nSPS) is 28.0. The molecule has 168 valence electrons. The van der Waals surface area contributed by atoms with Crippen LogP contribution in [-0.4, -0.2) is 15.7 Å². The number of nitrogens with one attached hydrogen (secondary N) is 1. The molecule has 1 aromatic carbocycles. The Labute approximate surface area is 191 Å². The molecule has 32 heavy (non-hydrogen) atoms. The maximum absolute atomic E-state index is 12.6. The summed E-state index contributed by atoms with van der Waals surface area (Å²) >= 11 is 0. The number of nitriles is 1. The van der Waals surface area contributed by atoms with E-state index in [1.165, 1.54) is 44.1 Å². The number of carbonyl (C=O) groups is 1. The molecule has 1 heterocycles. The van der Waals surface area contributed by atoms with E-state index >= 15 is 0 Å². The van der Waals surface area contributed by atoms with E-state index in [0.717, 1.165) is 40.4 Å². The topological polar surface area (TPSA) is 70.7 Å². The zero-order valence-electron chi connectivity index (χ0n) is 19.4. The predicted molar refractivity (Wildman–Crippen MR) is 125 cm³/mol. The minimum Gasteiger partial charge on any atom is -0.326 e. The summed E-state index contributed by atoms with van der Waals surface area (Å²) in [5.41, 5.74) is 5.92. The molecule has 4 bridgehead atoms. The van der Waals surface area contributed by atoms with Gasteiger partial charge in [-0.25, -0.2) is 0 Å². The van der Waals surface area contributed by atoms with E-state index in [1.54, 1.807) is 0 Å². The van der Waals surface area contributed by atoms with Crippen molar-refractivity contribution in [1.29, 1.82) is 5.26 Å². The van der Waals surface area contributed by atoms with Crippen LogP contribution in [0.2, 0.25) is 0 Å². The predicted octanol–water partition coefficient (Wildman–Crippen LogP) is 5.45. The van der Waals surface area contributed by atoms with Gasteiger partial charge in [0.05, 0.1) is 24.7 Å². The van der Waals surface area contributed by atoms with Gasteiger partial charge in [0.1, 0.15) is 0 Å². The largest absolute Gasteiger partial charge is 0.326 e. The van der Waals surface area contributed by atoms with Crippen molar-refractivity contribution in [2.75, 3.05) is 5.32 Å². The van der Waals surface area contributed by atoms with Crippen molar-refractivity contribution in [3.63, 3.8) is 0 Å². The molecule has 0 atom stereocenters. The Kier molecular flexibility index (Phi) is 5.57. The number of aryl methyl sites for hydroxylation is 2. The van der Waals surface area contributed by atoms with Gasteiger partial charge in [0.2, 0.25) is 5.91 Å². The molecule has 4 saturated carbocycles. The van der Waals surface area contributed by atoms with Crippen LogP contribution in [0.5, 0.6) is 0 Å². The second kappa shape index (κ2) is 8.39. The smallest absolute Gasteiger partial charge is 0.224 e. The van der Waals surface area contributed by atoms with E-state index in [2.05, 4.69) is 40.8 Å². The fraction of sp³-hybridized carbons (Fsp3) is 0.593. The van der Waals surface area contributed by atoms with Crippen LogP contribution in [-0.2, 0) is 23.2 Å². The highest BCUT2D eigenvalue weighted by molar-refractivity contribution is 5.90. The molecular formula is C27H34N4O. The van der Waals surface area contributed by atoms with E-state index in [1.807, 2.05) is 18.5 Å². The van der Waals surface area contributed by atoms with Gasteiger partial charge in [0, 0.05) is 17.8 Å². The van der Waals surface area contributed by atoms with Crippen molar-refractivity contribution in [3.8, 4) is 6.07 Å². The lowest BCUT2D eigenvalue weighted by molar-refractivity contribution is -0.116. The van der Waals surface area contributed by atoms with E-state index in [0.29, 0.717) is 31.2 Å². The maximum Gasteiger partial charge on any atom is 0.224 e. The fourth-order valence-corrected chi connectivity index (χ4v) is 7.30. The maximum atomic E-state index is 12.6. The number of hydrogen-bond donors (Lipinski definition) is 1. The Morgan fingerprint density at radius 2 is 1.75 bits per heavy atom. The zero-order chi connectivity index (χ0) is 22.3. The van der Waals surface area contributed by atoms with Crippen molar-refractivity contribution in [2.24, 2.45) is 17.8 Å². The molecule has 2 aromatic rings. The molecule has 4 aliphatic rings. The fourth-order valence-electron chi connectivity index (χ4n) is 7.30. The van der Waals surface area contributed by atoms with Gasteiger partial charge in [0.25, 0.3) is 0 Å². The quantitative estimate of drug-likeness (QED) is 0.635. The average Bonchev–Trinajstić information content (AvgIpc) is 3.03. The lowest BCUT2D eigenvalue weighted by Gasteiger charge is -2.57. The van der Waals surface area contributed by atoms with Crippen LogP contribution in [0, 0.1) is 42.9 Å². The van der Waals surface area contributed by atoms with Gasteiger partial charge in [-0.3, -0.25) is 9.48 Å². The Hall–Kier alpha value is -2.61. The van der Waals surface area contributed by atoms with Gasteiger partial charge in [-0.05, 0) is 105 Å². The van der Waals surface area contributed by atoms with Crippen molar-refractivity contribution >= 4 is 11.6 Å². The van der Waals surface area contributed by atoms with E-state index in [4.69, 9.17) is 5.26 Å². The number of amides is 1. The van der Waals surface area contributed by atoms with Crippen molar-refractivity contribution in [2.45, 2.75) is 83.6 Å². The highest BCUT2D eigenvalue weighted by Gasteiger charge is 2.51. The third-order valence-corrected chi connectivity index (χ3v) is 8.39. The zero-order valence-corrected chi connectivity index (χ0v) is 19.4. The molecule has 4 aliphatic carbocycles. The van der Waals surface area contributed by atoms with Gasteiger partial charge in [0.15, 0.2) is 0 Å². The molecular weight excluding hydrogens is 396 g/mol. The van der Waals surface area contributed by atoms with Gasteiger partial charge in [-0.2, -0.15) is 10.4 Å². The van der Waals surface area contributed by atoms with Crippen molar-refractivity contribution in [3.05, 3.63) is 46.8 Å². The first-order chi connectivity index (χ1) is 15.5. The summed E-state index contributed by atoms with van der Waals surface area (Å²) in [4.78, 5) is 12.6. The SMILES string of the molecule is Cc1nn(CCC#N)c(C)c1CCC(=O)Nc1ccc(C23CC4CC(CC(C4)C2)C3)cc1. The van der Waals surface area contributed by atoms with Crippen LogP contribution in [0.25, 0.3) is 0 Å². The first-order valence-corrected chi connectivity index (χ1v) is 12.3. The second-order valence-corrected chi connectivity index (χ2v) is 10.6. The van der Waals surface area contributed by atoms with Crippen LogP contribution >= 0.6 is 0 Å². The highest BCUT2D eigenvalue weighted by Crippen LogP contribution is 2.60. The number of hydrogen-bond acceptors (Lipinski definition) is 3. The molecule has 0 saturated heterocycles. The third-order valence-electron chi connectivity index (χ3n) is 8.39. The summed E-state index contributed by atoms with van der Waals surface area (Å²) in [5.74, 6) is 2.86. The number of anilines is 1. The molecule has 0 unspecified atom stereocenters. The average molecular weight is 431 g/mol. The van der Waals surface area contributed by atoms with Crippen LogP contribution in [0.15, 0.2) is 24.3 Å². The van der Waals surface area contributed by atoms with Crippen molar-refractivity contribution in [1.82, 2.24) is 9.78 Å². The molecule has 0 aliphatic heterocycles. The second-order valence-electron chi connectivity index (χ2n) is 10.6. The molecule has 1 aromatic heterocycles. The Bertz CT molecular complexity index is 1010. The molecule has 0 radical (unpaired) electrons. The summed E-state index contributed by atoms with van der Waals surface area (Å²) in [5, 5.41) is 16.4. The number of aromatic nitrogens is 2. The first-order valence-electron chi connectivity index (χ1n) is 12.3. The van der Waals surface area contributed by atoms with Gasteiger partial charge in [-0.15, -0.1) is 0 Å². The van der Waals surface area contributed by atoms with Gasteiger partial charge >= 0.3 is 0 Å². The monoisotopic (exact) mass is 430 g/mol. The number of nitrogens with zero attached hydrogens (tertiary/aromatic N) is 3. The van der Waals surface area contributed by atoms with Gasteiger partial charge < -0.3 is 5.32 Å². The summed E-state index contributed by atoms with van der Waals surface area (Å²) in [7, 11) is 0. The molecule has 1 N–H and O–H groups in total. The Balaban J connectivity index is 1.19. The third kappa shape index (κ3) is 3.96. The van der Waals surface area contributed by atoms with Crippen LogP contribution in [0.3, 0.4) is 0 Å². The molecule has 5 heteroatoms. The van der Waals surface area contributed by atoms with Gasteiger partial charge in [-0.1, -0.05) is 12.1 Å². The minimum absolute atomic E-state index is 0.0381. The summed E-state index contributed by atoms with van der Waals surface area (Å²) in [6, 6.07) is 10.9. The van der Waals surface area contributed by atoms with E-state index in [9.17, 15) is 4.79 Å². The lowest BCUT2D eigenvalue weighted by Crippen LogP contribution is -2.48. The standard InChI is InChI=1S/C27H34N4O/c1-18-25(19(2)31(30-18)11-3-10-28)8-9-26(32)29-24-6-4-23(5-7-24)27-15-20-12-21(16-27)14-22(13-20)17-27/h4-7,20-22H,3,8-9,11-17H2,1-2H3,(H,29,32). The Morgan fingerprint density at radius 3 is 2.34 bits per heavy atom. The Morgan fingerprint density at radius 1 is 1.12 bits per heavy atom. The lowest BCUT2D eigenvalue weighted by atomic mass is 9.48. The highest BCUT2D eigenvalue weighted by atomic mass is 16.1. The summed E-state index contributed by atoms with van der Waals surface area (Å²) in [6.45, 7) is 4.60. The minimum atomic E-state index is 0.0381. The van der Waals surface area contributed by atoms with Crippen LogP contribution in [0.4, 0.5) is 5.69 Å². The number of carbonyl (C=O) groups excluding carboxylic acids is 1. The van der Waals surface area contributed by atoms with E-state index < -0.39 is 0 Å². The molecule has 6 rings (SSSR count). The molecule has 0 spiro atoms. The molecule has 1 amide bonds. The molecule has 5 nitrogen and oxygen atoms in total. The number of benzene rings is 1. The number of rotatable bonds is 7. The van der Waals surface area contributed by atoms with Crippen LogP contribution < -0.4 is 5.32 Å². The summed E-state index contributed by atoms with van der Waals surface area (Å²) in [6.07, 6.45) is 10.0. The van der Waals surface area contributed by atoms with Crippen molar-refractivity contribution < 1.29 is 4.79 Å². The summed E-state index contributed by atoms with van der Waals surface area (Å²) < 4.78 is 1.88. The first kappa shape index (κ1) is 21.2.